The van der Waals surface area contributed by atoms with Gasteiger partial charge in [0, 0.05) is 55.9 Å². The van der Waals surface area contributed by atoms with E-state index in [9.17, 15) is 29.1 Å². The number of carboxylic acid groups (broad SMARTS) is 1. The van der Waals surface area contributed by atoms with Crippen molar-refractivity contribution >= 4 is 52.0 Å². The average Bonchev–Trinajstić information content (AvgIpc) is 3.00. The number of aromatic amines is 1. The molecule has 222 valence electrons. The normalized spacial score (nSPS) is 13.3. The number of aromatic nitrogens is 3. The molecule has 4 aromatic rings. The summed E-state index contributed by atoms with van der Waals surface area (Å²) >= 11 is 1.03. The van der Waals surface area contributed by atoms with Gasteiger partial charge in [0.25, 0.3) is 11.5 Å². The molecule has 1 aliphatic rings. The van der Waals surface area contributed by atoms with Crippen LogP contribution in [0.5, 0.6) is 0 Å². The van der Waals surface area contributed by atoms with Crippen LogP contribution in [-0.4, -0.2) is 74.3 Å². The maximum Gasteiger partial charge on any atom is 0.341 e. The van der Waals surface area contributed by atoms with Crippen LogP contribution in [0.15, 0.2) is 69.5 Å². The van der Waals surface area contributed by atoms with E-state index in [1.807, 2.05) is 0 Å². The van der Waals surface area contributed by atoms with Crippen molar-refractivity contribution in [2.45, 2.75) is 18.6 Å². The fourth-order valence-corrected chi connectivity index (χ4v) is 5.60. The first-order valence-electron chi connectivity index (χ1n) is 13.4. The number of carboxylic acids is 1. The first-order chi connectivity index (χ1) is 20.6. The molecule has 43 heavy (non-hydrogen) atoms. The molecular weight excluding hydrogens is 579 g/mol. The number of anilines is 2. The zero-order valence-electron chi connectivity index (χ0n) is 23.0. The monoisotopic (exact) mass is 606 g/mol. The Labute approximate surface area is 248 Å². The number of hydrogen-bond donors (Lipinski definition) is 3. The number of halogens is 1. The lowest BCUT2D eigenvalue weighted by molar-refractivity contribution is -0.128. The molecule has 0 radical (unpaired) electrons. The third-order valence-electron chi connectivity index (χ3n) is 7.02. The predicted molar refractivity (Wildman–Crippen MR) is 160 cm³/mol. The fourth-order valence-electron chi connectivity index (χ4n) is 4.82. The molecule has 3 heterocycles. The van der Waals surface area contributed by atoms with Gasteiger partial charge in [-0.25, -0.2) is 14.2 Å². The lowest BCUT2D eigenvalue weighted by atomic mass is 10.1. The second-order valence-electron chi connectivity index (χ2n) is 9.70. The molecular formula is C29H27FN6O6S. The van der Waals surface area contributed by atoms with Gasteiger partial charge in [-0.3, -0.25) is 19.2 Å². The Hall–Kier alpha value is -4.98. The summed E-state index contributed by atoms with van der Waals surface area (Å²) in [6, 6.07) is 12.2. The third-order valence-corrected chi connectivity index (χ3v) is 7.88. The first kappa shape index (κ1) is 29.5. The topological polar surface area (TPSA) is 158 Å². The predicted octanol–water partition coefficient (Wildman–Crippen LogP) is 2.64. The van der Waals surface area contributed by atoms with Gasteiger partial charge in [-0.2, -0.15) is 0 Å². The van der Waals surface area contributed by atoms with Crippen LogP contribution >= 0.6 is 11.8 Å². The number of thioether (sulfide) groups is 1. The number of aromatic carboxylic acids is 1. The number of hydrogen-bond acceptors (Lipinski definition) is 8. The van der Waals surface area contributed by atoms with Gasteiger partial charge in [0.15, 0.2) is 5.16 Å². The van der Waals surface area contributed by atoms with Gasteiger partial charge in [0.2, 0.25) is 11.3 Å². The van der Waals surface area contributed by atoms with E-state index in [0.29, 0.717) is 43.8 Å². The minimum absolute atomic E-state index is 0.0100. The highest BCUT2D eigenvalue weighted by atomic mass is 32.2. The molecule has 5 rings (SSSR count). The largest absolute Gasteiger partial charge is 0.477 e. The molecule has 12 nitrogen and oxygen atoms in total. The Balaban J connectivity index is 1.22. The lowest BCUT2D eigenvalue weighted by Gasteiger charge is -2.36. The molecule has 0 bridgehead atoms. The number of carbonyl (C=O) groups excluding carboxylic acids is 2. The summed E-state index contributed by atoms with van der Waals surface area (Å²) in [6.07, 6.45) is 1.26. The van der Waals surface area contributed by atoms with Crippen molar-refractivity contribution in [3.8, 4) is 0 Å². The Morgan fingerprint density at radius 3 is 2.47 bits per heavy atom. The van der Waals surface area contributed by atoms with Gasteiger partial charge >= 0.3 is 5.97 Å². The molecule has 1 fully saturated rings. The highest BCUT2D eigenvalue weighted by molar-refractivity contribution is 7.99. The first-order valence-corrected chi connectivity index (χ1v) is 14.4. The Morgan fingerprint density at radius 2 is 1.79 bits per heavy atom. The summed E-state index contributed by atoms with van der Waals surface area (Å²) in [6.45, 7) is 3.46. The van der Waals surface area contributed by atoms with Crippen molar-refractivity contribution in [1.29, 1.82) is 0 Å². The van der Waals surface area contributed by atoms with Gasteiger partial charge in [0.1, 0.15) is 17.2 Å². The van der Waals surface area contributed by atoms with Crippen LogP contribution in [0.3, 0.4) is 0 Å². The van der Waals surface area contributed by atoms with Crippen molar-refractivity contribution in [1.82, 2.24) is 19.4 Å². The van der Waals surface area contributed by atoms with Crippen molar-refractivity contribution in [3.63, 3.8) is 0 Å². The van der Waals surface area contributed by atoms with Crippen molar-refractivity contribution < 1.29 is 23.9 Å². The third kappa shape index (κ3) is 6.43. The van der Waals surface area contributed by atoms with Gasteiger partial charge in [-0.05, 0) is 31.2 Å². The van der Waals surface area contributed by atoms with E-state index >= 15 is 4.39 Å². The molecule has 0 unspecified atom stereocenters. The van der Waals surface area contributed by atoms with Crippen LogP contribution in [0.1, 0.15) is 27.6 Å². The number of nitrogens with one attached hydrogen (secondary N) is 2. The minimum Gasteiger partial charge on any atom is -0.477 e. The minimum atomic E-state index is -1.37. The summed E-state index contributed by atoms with van der Waals surface area (Å²) < 4.78 is 16.8. The summed E-state index contributed by atoms with van der Waals surface area (Å²) in [4.78, 5) is 71.8. The van der Waals surface area contributed by atoms with Gasteiger partial charge < -0.3 is 29.8 Å². The quantitative estimate of drug-likeness (QED) is 0.203. The van der Waals surface area contributed by atoms with Crippen molar-refractivity contribution in [2.75, 3.05) is 42.1 Å². The number of amides is 2. The Bertz CT molecular complexity index is 1840. The second kappa shape index (κ2) is 12.5. The molecule has 0 atom stereocenters. The molecule has 0 spiro atoms. The number of aryl methyl sites for hydroxylation is 1. The Kier molecular flexibility index (Phi) is 8.57. The molecule has 0 aliphatic carbocycles. The number of fused-ring (bicyclic) bond motifs is 1. The molecule has 2 aromatic carbocycles. The highest BCUT2D eigenvalue weighted by Crippen LogP contribution is 2.27. The Morgan fingerprint density at radius 1 is 1.07 bits per heavy atom. The number of carbonyl (C=O) groups is 3. The van der Waals surface area contributed by atoms with Gasteiger partial charge in [-0.15, -0.1) is 0 Å². The molecule has 2 aromatic heterocycles. The van der Waals surface area contributed by atoms with E-state index in [1.165, 1.54) is 6.20 Å². The van der Waals surface area contributed by atoms with Gasteiger partial charge in [-0.1, -0.05) is 30.0 Å². The van der Waals surface area contributed by atoms with E-state index in [0.717, 1.165) is 23.9 Å². The van der Waals surface area contributed by atoms with Crippen LogP contribution in [0.4, 0.5) is 15.9 Å². The standard InChI is InChI=1S/C29H27FN6O6S/c1-2-34-15-19(28(41)42)26(39)18-12-20(30)22(13-21(18)34)35-8-10-36(11-9-35)25(38)16-43-29-32-23(14-24(37)33-29)31-27(40)17-6-4-3-5-7-17/h3-7,12-15H,2,8-11,16H2,1H3,(H,41,42)(H2,31,32,33,37,40). The van der Waals surface area contributed by atoms with Gasteiger partial charge in [0.05, 0.1) is 17.0 Å². The zero-order valence-corrected chi connectivity index (χ0v) is 23.8. The highest BCUT2D eigenvalue weighted by Gasteiger charge is 2.25. The summed E-state index contributed by atoms with van der Waals surface area (Å²) in [5.41, 5.74) is -0.557. The molecule has 0 saturated carbocycles. The van der Waals surface area contributed by atoms with E-state index < -0.39 is 34.2 Å². The maximum absolute atomic E-state index is 15.2. The van der Waals surface area contributed by atoms with E-state index in [-0.39, 0.29) is 33.7 Å². The number of piperazine rings is 1. The van der Waals surface area contributed by atoms with Crippen LogP contribution < -0.4 is 21.2 Å². The molecule has 3 N–H and O–H groups in total. The van der Waals surface area contributed by atoms with Crippen molar-refractivity contribution in [2.24, 2.45) is 0 Å². The smallest absolute Gasteiger partial charge is 0.341 e. The van der Waals surface area contributed by atoms with E-state index in [2.05, 4.69) is 15.3 Å². The number of benzene rings is 2. The van der Waals surface area contributed by atoms with Crippen LogP contribution in [0.2, 0.25) is 0 Å². The molecule has 14 heteroatoms. The number of H-pyrrole nitrogens is 1. The summed E-state index contributed by atoms with van der Waals surface area (Å²) in [5, 5.41) is 12.1. The number of rotatable bonds is 8. The van der Waals surface area contributed by atoms with E-state index in [4.69, 9.17) is 0 Å². The van der Waals surface area contributed by atoms with Crippen LogP contribution in [0, 0.1) is 5.82 Å². The number of nitrogens with zero attached hydrogens (tertiary/aromatic N) is 4. The molecule has 2 amide bonds. The average molecular weight is 607 g/mol. The number of pyridine rings is 1. The second-order valence-corrected chi connectivity index (χ2v) is 10.7. The summed E-state index contributed by atoms with van der Waals surface area (Å²) in [5.74, 6) is -2.61. The summed E-state index contributed by atoms with van der Waals surface area (Å²) in [7, 11) is 0. The van der Waals surface area contributed by atoms with Crippen molar-refractivity contribution in [3.05, 3.63) is 92.2 Å². The van der Waals surface area contributed by atoms with Crippen LogP contribution in [0.25, 0.3) is 10.9 Å². The fraction of sp³-hybridized carbons (Fsp3) is 0.241. The zero-order chi connectivity index (χ0) is 30.7. The SMILES string of the molecule is CCn1cc(C(=O)O)c(=O)c2cc(F)c(N3CCN(C(=O)CSc4nc(NC(=O)c5ccccc5)cc(=O)[nH]4)CC3)cc21. The van der Waals surface area contributed by atoms with Crippen LogP contribution in [-0.2, 0) is 11.3 Å². The molecule has 1 aliphatic heterocycles. The lowest BCUT2D eigenvalue weighted by Crippen LogP contribution is -2.49. The molecule has 1 saturated heterocycles. The maximum atomic E-state index is 15.2. The van der Waals surface area contributed by atoms with E-state index in [1.54, 1.807) is 57.7 Å².